The van der Waals surface area contributed by atoms with Gasteiger partial charge in [-0.1, -0.05) is 67.4 Å². The standard InChI is InChI=1S/C35H41FN4O4/c1-22(2)37-33(42)31(21-26-10-13-27-6-4-5-7-28(27)18-26)39-16-17-40(32(35(39)44)20-25-8-9-25)34(43)30(38-23(3)41)19-24-11-14-29(36)15-12-24/h4-7,10-15,18,22,25,30-32H,8-9,16-17,19-21H2,1-3H3,(H,37,42)(H,38,41)/t30?,31?,32-/m1/s1. The van der Waals surface area contributed by atoms with Gasteiger partial charge in [0.05, 0.1) is 0 Å². The average molecular weight is 601 g/mol. The van der Waals surface area contributed by atoms with E-state index in [1.54, 1.807) is 21.9 Å². The Labute approximate surface area is 258 Å². The van der Waals surface area contributed by atoms with E-state index in [9.17, 15) is 23.6 Å². The van der Waals surface area contributed by atoms with Gasteiger partial charge in [0.15, 0.2) is 0 Å². The summed E-state index contributed by atoms with van der Waals surface area (Å²) in [5, 5.41) is 7.92. The topological polar surface area (TPSA) is 98.8 Å². The molecule has 2 aliphatic rings. The minimum absolute atomic E-state index is 0.105. The zero-order valence-electron chi connectivity index (χ0n) is 25.6. The van der Waals surface area contributed by atoms with Crippen molar-refractivity contribution in [1.82, 2.24) is 20.4 Å². The Morgan fingerprint density at radius 2 is 1.57 bits per heavy atom. The predicted molar refractivity (Wildman–Crippen MR) is 167 cm³/mol. The van der Waals surface area contributed by atoms with Crippen molar-refractivity contribution in [3.8, 4) is 0 Å². The molecule has 4 amide bonds. The summed E-state index contributed by atoms with van der Waals surface area (Å²) in [6.07, 6.45) is 3.01. The van der Waals surface area contributed by atoms with Crippen molar-refractivity contribution >= 4 is 34.4 Å². The second kappa shape index (κ2) is 13.6. The third-order valence-electron chi connectivity index (χ3n) is 8.44. The number of nitrogens with one attached hydrogen (secondary N) is 2. The molecule has 5 rings (SSSR count). The molecule has 3 aromatic carbocycles. The van der Waals surface area contributed by atoms with Crippen molar-refractivity contribution in [3.63, 3.8) is 0 Å². The Morgan fingerprint density at radius 1 is 0.886 bits per heavy atom. The van der Waals surface area contributed by atoms with E-state index in [2.05, 4.69) is 16.7 Å². The first-order chi connectivity index (χ1) is 21.1. The summed E-state index contributed by atoms with van der Waals surface area (Å²) in [4.78, 5) is 57.3. The summed E-state index contributed by atoms with van der Waals surface area (Å²) in [7, 11) is 0. The van der Waals surface area contributed by atoms with Crippen molar-refractivity contribution < 1.29 is 23.6 Å². The van der Waals surface area contributed by atoms with Crippen LogP contribution in [-0.4, -0.2) is 70.7 Å². The molecular formula is C35H41FN4O4. The number of benzene rings is 3. The molecule has 2 fully saturated rings. The third kappa shape index (κ3) is 7.62. The first kappa shape index (κ1) is 31.2. The van der Waals surface area contributed by atoms with Gasteiger partial charge in [-0.2, -0.15) is 0 Å². The number of piperazine rings is 1. The lowest BCUT2D eigenvalue weighted by molar-refractivity contribution is -0.157. The summed E-state index contributed by atoms with van der Waals surface area (Å²) in [5.74, 6) is -1.24. The molecule has 0 bridgehead atoms. The maximum atomic E-state index is 14.3. The minimum Gasteiger partial charge on any atom is -0.352 e. The lowest BCUT2D eigenvalue weighted by atomic mass is 9.96. The number of fused-ring (bicyclic) bond motifs is 1. The molecule has 0 aromatic heterocycles. The first-order valence-corrected chi connectivity index (χ1v) is 15.5. The second-order valence-corrected chi connectivity index (χ2v) is 12.4. The highest BCUT2D eigenvalue weighted by molar-refractivity contribution is 5.95. The van der Waals surface area contributed by atoms with E-state index >= 15 is 0 Å². The van der Waals surface area contributed by atoms with Crippen LogP contribution in [0.25, 0.3) is 10.8 Å². The van der Waals surface area contributed by atoms with E-state index < -0.39 is 18.1 Å². The van der Waals surface area contributed by atoms with Gasteiger partial charge in [0.25, 0.3) is 0 Å². The maximum Gasteiger partial charge on any atom is 0.246 e. The van der Waals surface area contributed by atoms with Crippen LogP contribution >= 0.6 is 0 Å². The van der Waals surface area contributed by atoms with Crippen LogP contribution in [0.4, 0.5) is 4.39 Å². The van der Waals surface area contributed by atoms with Crippen molar-refractivity contribution in [1.29, 1.82) is 0 Å². The third-order valence-corrected chi connectivity index (χ3v) is 8.44. The van der Waals surface area contributed by atoms with Crippen LogP contribution in [0.15, 0.2) is 66.7 Å². The molecule has 1 saturated carbocycles. The van der Waals surface area contributed by atoms with E-state index in [1.807, 2.05) is 50.2 Å². The molecule has 1 saturated heterocycles. The molecule has 1 aliphatic heterocycles. The van der Waals surface area contributed by atoms with E-state index in [4.69, 9.17) is 0 Å². The van der Waals surface area contributed by atoms with Crippen molar-refractivity contribution in [2.45, 2.75) is 77.0 Å². The van der Waals surface area contributed by atoms with Crippen molar-refractivity contribution in [2.24, 2.45) is 5.92 Å². The van der Waals surface area contributed by atoms with Gasteiger partial charge in [0.2, 0.25) is 23.6 Å². The van der Waals surface area contributed by atoms with Gasteiger partial charge in [-0.15, -0.1) is 0 Å². The summed E-state index contributed by atoms with van der Waals surface area (Å²) >= 11 is 0. The molecule has 232 valence electrons. The van der Waals surface area contributed by atoms with Gasteiger partial charge in [-0.3, -0.25) is 19.2 Å². The zero-order valence-corrected chi connectivity index (χ0v) is 25.6. The van der Waals surface area contributed by atoms with E-state index in [1.165, 1.54) is 19.1 Å². The Balaban J connectivity index is 1.41. The highest BCUT2D eigenvalue weighted by atomic mass is 19.1. The highest BCUT2D eigenvalue weighted by Crippen LogP contribution is 2.36. The molecule has 0 spiro atoms. The second-order valence-electron chi connectivity index (χ2n) is 12.4. The van der Waals surface area contributed by atoms with Gasteiger partial charge in [-0.25, -0.2) is 4.39 Å². The van der Waals surface area contributed by atoms with Crippen LogP contribution in [0.2, 0.25) is 0 Å². The van der Waals surface area contributed by atoms with Crippen LogP contribution in [0.5, 0.6) is 0 Å². The monoisotopic (exact) mass is 600 g/mol. The number of hydrogen-bond acceptors (Lipinski definition) is 4. The Kier molecular flexibility index (Phi) is 9.61. The number of carbonyl (C=O) groups is 4. The molecule has 2 unspecified atom stereocenters. The van der Waals surface area contributed by atoms with Crippen LogP contribution in [0.3, 0.4) is 0 Å². The van der Waals surface area contributed by atoms with Gasteiger partial charge >= 0.3 is 0 Å². The fraction of sp³-hybridized carbons (Fsp3) is 0.429. The van der Waals surface area contributed by atoms with Crippen molar-refractivity contribution in [3.05, 3.63) is 83.7 Å². The molecule has 3 atom stereocenters. The lowest BCUT2D eigenvalue weighted by Crippen LogP contribution is -2.66. The maximum absolute atomic E-state index is 14.3. The largest absolute Gasteiger partial charge is 0.352 e. The molecule has 9 heteroatoms. The SMILES string of the molecule is CC(=O)NC(Cc1ccc(F)cc1)C(=O)N1CCN(C(Cc2ccc3ccccc3c2)C(=O)NC(C)C)C(=O)[C@H]1CC1CC1. The summed E-state index contributed by atoms with van der Waals surface area (Å²) in [6, 6.07) is 17.4. The van der Waals surface area contributed by atoms with Gasteiger partial charge in [0.1, 0.15) is 23.9 Å². The number of amides is 4. The molecule has 1 aliphatic carbocycles. The fourth-order valence-corrected chi connectivity index (χ4v) is 6.09. The average Bonchev–Trinajstić information content (AvgIpc) is 3.81. The highest BCUT2D eigenvalue weighted by Gasteiger charge is 2.45. The summed E-state index contributed by atoms with van der Waals surface area (Å²) in [6.45, 7) is 5.56. The number of rotatable bonds is 11. The van der Waals surface area contributed by atoms with Crippen LogP contribution in [-0.2, 0) is 32.0 Å². The van der Waals surface area contributed by atoms with Crippen molar-refractivity contribution in [2.75, 3.05) is 13.1 Å². The number of nitrogens with zero attached hydrogens (tertiary/aromatic N) is 2. The fourth-order valence-electron chi connectivity index (χ4n) is 6.09. The Morgan fingerprint density at radius 3 is 2.23 bits per heavy atom. The van der Waals surface area contributed by atoms with E-state index in [0.717, 1.165) is 29.2 Å². The summed E-state index contributed by atoms with van der Waals surface area (Å²) < 4.78 is 13.5. The van der Waals surface area contributed by atoms with E-state index in [-0.39, 0.29) is 55.0 Å². The smallest absolute Gasteiger partial charge is 0.246 e. The molecule has 3 aromatic rings. The predicted octanol–water partition coefficient (Wildman–Crippen LogP) is 4.00. The van der Waals surface area contributed by atoms with Crippen LogP contribution in [0.1, 0.15) is 51.2 Å². The van der Waals surface area contributed by atoms with Gasteiger partial charge in [-0.05, 0) is 60.2 Å². The van der Waals surface area contributed by atoms with Gasteiger partial charge in [0, 0.05) is 38.9 Å². The number of halogens is 1. The van der Waals surface area contributed by atoms with E-state index in [0.29, 0.717) is 24.3 Å². The van der Waals surface area contributed by atoms with Gasteiger partial charge < -0.3 is 20.4 Å². The number of hydrogen-bond donors (Lipinski definition) is 2. The molecule has 2 N–H and O–H groups in total. The molecule has 1 heterocycles. The minimum atomic E-state index is -0.906. The van der Waals surface area contributed by atoms with Crippen LogP contribution < -0.4 is 10.6 Å². The Bertz CT molecular complexity index is 1520. The first-order valence-electron chi connectivity index (χ1n) is 15.5. The normalized spacial score (nSPS) is 18.3. The Hall–Kier alpha value is -4.27. The number of carbonyl (C=O) groups excluding carboxylic acids is 4. The molecule has 0 radical (unpaired) electrons. The molecule has 8 nitrogen and oxygen atoms in total. The molecular weight excluding hydrogens is 559 g/mol. The zero-order chi connectivity index (χ0) is 31.4. The lowest BCUT2D eigenvalue weighted by Gasteiger charge is -2.44. The molecule has 44 heavy (non-hydrogen) atoms. The summed E-state index contributed by atoms with van der Waals surface area (Å²) in [5.41, 5.74) is 1.64. The quantitative estimate of drug-likeness (QED) is 0.348. The van der Waals surface area contributed by atoms with Crippen LogP contribution in [0, 0.1) is 11.7 Å².